The van der Waals surface area contributed by atoms with Gasteiger partial charge < -0.3 is 5.32 Å². The van der Waals surface area contributed by atoms with Gasteiger partial charge in [0.2, 0.25) is 15.9 Å². The number of fused-ring (bicyclic) bond motifs is 1. The Morgan fingerprint density at radius 3 is 2.28 bits per heavy atom. The smallest absolute Gasteiger partial charge is 0.241 e. The first kappa shape index (κ1) is 21.0. The topological polar surface area (TPSA) is 75.3 Å². The molecule has 0 bridgehead atoms. The quantitative estimate of drug-likeness (QED) is 0.595. The molecule has 152 valence electrons. The third-order valence-corrected chi connectivity index (χ3v) is 6.39. The average Bonchev–Trinajstić information content (AvgIpc) is 2.72. The number of hydrogen-bond acceptors (Lipinski definition) is 3. The van der Waals surface area contributed by atoms with E-state index in [1.165, 1.54) is 5.56 Å². The lowest BCUT2D eigenvalue weighted by atomic mass is 10.1. The van der Waals surface area contributed by atoms with Gasteiger partial charge >= 0.3 is 0 Å². The zero-order chi connectivity index (χ0) is 20.9. The minimum absolute atomic E-state index is 0.0599. The number of carbonyl (C=O) groups is 1. The van der Waals surface area contributed by atoms with Crippen LogP contribution in [0.4, 0.5) is 0 Å². The van der Waals surface area contributed by atoms with E-state index in [9.17, 15) is 13.2 Å². The molecular weight excluding hydrogens is 384 g/mol. The molecule has 0 radical (unpaired) electrons. The maximum Gasteiger partial charge on any atom is 0.241 e. The van der Waals surface area contributed by atoms with E-state index in [2.05, 4.69) is 22.2 Å². The van der Waals surface area contributed by atoms with Gasteiger partial charge in [-0.2, -0.15) is 4.72 Å². The second-order valence-corrected chi connectivity index (χ2v) is 9.00. The molecule has 1 amide bonds. The van der Waals surface area contributed by atoms with Crippen LogP contribution in [0, 0.1) is 0 Å². The summed E-state index contributed by atoms with van der Waals surface area (Å²) in [6, 6.07) is 21.6. The Balaban J connectivity index is 1.58. The van der Waals surface area contributed by atoms with Gasteiger partial charge in [0.1, 0.15) is 0 Å². The van der Waals surface area contributed by atoms with Crippen molar-refractivity contribution in [2.24, 2.45) is 0 Å². The van der Waals surface area contributed by atoms with Crippen LogP contribution in [0.2, 0.25) is 0 Å². The predicted octanol–water partition coefficient (Wildman–Crippen LogP) is 3.64. The number of sulfonamides is 1. The van der Waals surface area contributed by atoms with Crippen molar-refractivity contribution in [3.05, 3.63) is 78.4 Å². The Morgan fingerprint density at radius 1 is 0.897 bits per heavy atom. The fourth-order valence-corrected chi connectivity index (χ4v) is 4.39. The molecule has 0 saturated heterocycles. The van der Waals surface area contributed by atoms with Crippen molar-refractivity contribution < 1.29 is 13.2 Å². The molecule has 0 fully saturated rings. The van der Waals surface area contributed by atoms with Crippen LogP contribution < -0.4 is 10.0 Å². The molecular formula is C23H26N2O3S. The maximum absolute atomic E-state index is 12.7. The van der Waals surface area contributed by atoms with Crippen LogP contribution in [-0.4, -0.2) is 26.4 Å². The molecule has 0 heterocycles. The standard InChI is InChI=1S/C23H26N2O3S/c1-17(12-13-19-8-4-3-5-9-19)24-23(26)18(2)25-29(27,28)22-15-14-20-10-6-7-11-21(20)16-22/h3-11,14-18,25H,12-13H2,1-2H3,(H,24,26)/t17-,18-/m1/s1. The van der Waals surface area contributed by atoms with Crippen LogP contribution in [-0.2, 0) is 21.2 Å². The molecule has 0 aromatic heterocycles. The first-order valence-electron chi connectivity index (χ1n) is 9.70. The van der Waals surface area contributed by atoms with Crippen molar-refractivity contribution in [3.8, 4) is 0 Å². The summed E-state index contributed by atoms with van der Waals surface area (Å²) in [5.41, 5.74) is 1.21. The minimum atomic E-state index is -3.80. The number of rotatable bonds is 8. The highest BCUT2D eigenvalue weighted by atomic mass is 32.2. The van der Waals surface area contributed by atoms with Crippen LogP contribution in [0.3, 0.4) is 0 Å². The molecule has 5 nitrogen and oxygen atoms in total. The molecule has 0 aliphatic carbocycles. The summed E-state index contributed by atoms with van der Waals surface area (Å²) in [5, 5.41) is 4.69. The summed E-state index contributed by atoms with van der Waals surface area (Å²) in [6.45, 7) is 3.48. The van der Waals surface area contributed by atoms with Crippen LogP contribution in [0.5, 0.6) is 0 Å². The van der Waals surface area contributed by atoms with Gasteiger partial charge in [-0.3, -0.25) is 4.79 Å². The molecule has 0 aliphatic rings. The highest BCUT2D eigenvalue weighted by Crippen LogP contribution is 2.19. The van der Waals surface area contributed by atoms with Crippen molar-refractivity contribution in [2.75, 3.05) is 0 Å². The van der Waals surface area contributed by atoms with E-state index in [-0.39, 0.29) is 16.8 Å². The van der Waals surface area contributed by atoms with Gasteiger partial charge in [-0.25, -0.2) is 8.42 Å². The van der Waals surface area contributed by atoms with E-state index in [1.807, 2.05) is 49.4 Å². The van der Waals surface area contributed by atoms with Gasteiger partial charge in [0, 0.05) is 6.04 Å². The largest absolute Gasteiger partial charge is 0.352 e. The van der Waals surface area contributed by atoms with E-state index < -0.39 is 16.1 Å². The number of nitrogens with one attached hydrogen (secondary N) is 2. The molecule has 0 unspecified atom stereocenters. The second-order valence-electron chi connectivity index (χ2n) is 7.29. The fourth-order valence-electron chi connectivity index (χ4n) is 3.16. The molecule has 3 aromatic carbocycles. The molecule has 0 spiro atoms. The zero-order valence-electron chi connectivity index (χ0n) is 16.6. The fraction of sp³-hybridized carbons (Fsp3) is 0.261. The van der Waals surface area contributed by atoms with Gasteiger partial charge in [0.05, 0.1) is 10.9 Å². The normalized spacial score (nSPS) is 13.7. The number of aryl methyl sites for hydroxylation is 1. The van der Waals surface area contributed by atoms with Crippen molar-refractivity contribution in [3.63, 3.8) is 0 Å². The van der Waals surface area contributed by atoms with Crippen LogP contribution >= 0.6 is 0 Å². The van der Waals surface area contributed by atoms with E-state index in [0.717, 1.165) is 23.6 Å². The number of amides is 1. The molecule has 29 heavy (non-hydrogen) atoms. The highest BCUT2D eigenvalue weighted by molar-refractivity contribution is 7.89. The molecule has 2 N–H and O–H groups in total. The van der Waals surface area contributed by atoms with E-state index in [4.69, 9.17) is 0 Å². The Morgan fingerprint density at radius 2 is 1.55 bits per heavy atom. The predicted molar refractivity (Wildman–Crippen MR) is 116 cm³/mol. The van der Waals surface area contributed by atoms with Gasteiger partial charge in [0.15, 0.2) is 0 Å². The first-order chi connectivity index (χ1) is 13.8. The maximum atomic E-state index is 12.7. The number of carbonyl (C=O) groups excluding carboxylic acids is 1. The van der Waals surface area contributed by atoms with Gasteiger partial charge in [0.25, 0.3) is 0 Å². The Hall–Kier alpha value is -2.70. The van der Waals surface area contributed by atoms with Crippen molar-refractivity contribution in [1.29, 1.82) is 0 Å². The molecule has 6 heteroatoms. The monoisotopic (exact) mass is 410 g/mol. The first-order valence-corrected chi connectivity index (χ1v) is 11.2. The molecule has 3 aromatic rings. The SMILES string of the molecule is C[C@H](CCc1ccccc1)NC(=O)[C@@H](C)NS(=O)(=O)c1ccc2ccccc2c1. The Labute approximate surface area is 172 Å². The summed E-state index contributed by atoms with van der Waals surface area (Å²) in [7, 11) is -3.80. The average molecular weight is 411 g/mol. The van der Waals surface area contributed by atoms with E-state index >= 15 is 0 Å². The second kappa shape index (κ2) is 9.20. The summed E-state index contributed by atoms with van der Waals surface area (Å²) in [6.07, 6.45) is 1.62. The van der Waals surface area contributed by atoms with E-state index in [0.29, 0.717) is 0 Å². The molecule has 0 saturated carbocycles. The van der Waals surface area contributed by atoms with Gasteiger partial charge in [-0.1, -0.05) is 60.7 Å². The van der Waals surface area contributed by atoms with E-state index in [1.54, 1.807) is 25.1 Å². The van der Waals surface area contributed by atoms with Gasteiger partial charge in [-0.15, -0.1) is 0 Å². The third kappa shape index (κ3) is 5.65. The highest BCUT2D eigenvalue weighted by Gasteiger charge is 2.23. The molecule has 0 aliphatic heterocycles. The Bertz CT molecular complexity index is 1080. The van der Waals surface area contributed by atoms with Crippen molar-refractivity contribution in [1.82, 2.24) is 10.0 Å². The van der Waals surface area contributed by atoms with Crippen LogP contribution in [0.25, 0.3) is 10.8 Å². The summed E-state index contributed by atoms with van der Waals surface area (Å²) < 4.78 is 27.9. The Kier molecular flexibility index (Phi) is 6.67. The summed E-state index contributed by atoms with van der Waals surface area (Å²) in [4.78, 5) is 12.6. The summed E-state index contributed by atoms with van der Waals surface area (Å²) >= 11 is 0. The van der Waals surface area contributed by atoms with Crippen LogP contribution in [0.1, 0.15) is 25.8 Å². The number of hydrogen-bond donors (Lipinski definition) is 2. The molecule has 2 atom stereocenters. The third-order valence-electron chi connectivity index (χ3n) is 4.85. The lowest BCUT2D eigenvalue weighted by molar-refractivity contribution is -0.123. The zero-order valence-corrected chi connectivity index (χ0v) is 17.4. The van der Waals surface area contributed by atoms with Crippen molar-refractivity contribution in [2.45, 2.75) is 43.7 Å². The number of benzene rings is 3. The van der Waals surface area contributed by atoms with Gasteiger partial charge in [-0.05, 0) is 55.2 Å². The lowest BCUT2D eigenvalue weighted by Crippen LogP contribution is -2.47. The lowest BCUT2D eigenvalue weighted by Gasteiger charge is -2.19. The minimum Gasteiger partial charge on any atom is -0.352 e. The molecule has 3 rings (SSSR count). The van der Waals surface area contributed by atoms with Crippen LogP contribution in [0.15, 0.2) is 77.7 Å². The van der Waals surface area contributed by atoms with Crippen molar-refractivity contribution >= 4 is 26.7 Å². The summed E-state index contributed by atoms with van der Waals surface area (Å²) in [5.74, 6) is -0.338.